The average molecular weight is 306 g/mol. The minimum absolute atomic E-state index is 0.0542. The van der Waals surface area contributed by atoms with Crippen LogP contribution < -0.4 is 15.2 Å². The van der Waals surface area contributed by atoms with Gasteiger partial charge in [0, 0.05) is 19.5 Å². The second-order valence-corrected chi connectivity index (χ2v) is 5.42. The van der Waals surface area contributed by atoms with Crippen molar-refractivity contribution in [1.82, 2.24) is 4.90 Å². The molecule has 0 saturated carbocycles. The Hall–Kier alpha value is -2.24. The number of primary amides is 1. The van der Waals surface area contributed by atoms with Gasteiger partial charge in [-0.25, -0.2) is 0 Å². The Morgan fingerprint density at radius 3 is 2.59 bits per heavy atom. The van der Waals surface area contributed by atoms with Crippen molar-refractivity contribution in [1.29, 1.82) is 0 Å². The van der Waals surface area contributed by atoms with Gasteiger partial charge in [-0.1, -0.05) is 6.07 Å². The molecule has 1 aliphatic rings. The summed E-state index contributed by atoms with van der Waals surface area (Å²) in [5.41, 5.74) is 6.29. The number of amides is 2. The Morgan fingerprint density at radius 2 is 2.00 bits per heavy atom. The summed E-state index contributed by atoms with van der Waals surface area (Å²) in [6.45, 7) is 1.05. The summed E-state index contributed by atoms with van der Waals surface area (Å²) >= 11 is 0. The molecular weight excluding hydrogens is 284 g/mol. The number of ether oxygens (including phenoxy) is 2. The molecule has 1 fully saturated rings. The molecule has 1 aromatic carbocycles. The number of carbonyl (C=O) groups excluding carboxylic acids is 2. The van der Waals surface area contributed by atoms with Crippen LogP contribution in [-0.2, 0) is 16.0 Å². The van der Waals surface area contributed by atoms with E-state index in [4.69, 9.17) is 15.2 Å². The number of aryl methyl sites for hydroxylation is 1. The van der Waals surface area contributed by atoms with E-state index >= 15 is 0 Å². The second-order valence-electron chi connectivity index (χ2n) is 5.42. The minimum atomic E-state index is -0.324. The van der Waals surface area contributed by atoms with E-state index in [1.807, 2.05) is 18.2 Å². The fraction of sp³-hybridized carbons (Fsp3) is 0.500. The quantitative estimate of drug-likeness (QED) is 0.849. The van der Waals surface area contributed by atoms with Crippen LogP contribution in [-0.4, -0.2) is 44.0 Å². The molecule has 22 heavy (non-hydrogen) atoms. The highest BCUT2D eigenvalue weighted by Gasteiger charge is 2.29. The lowest BCUT2D eigenvalue weighted by molar-refractivity contribution is -0.130. The van der Waals surface area contributed by atoms with Gasteiger partial charge in [0.25, 0.3) is 0 Å². The normalized spacial score (nSPS) is 17.4. The number of nitrogens with two attached hydrogens (primary N) is 1. The summed E-state index contributed by atoms with van der Waals surface area (Å²) in [5, 5.41) is 0. The number of likely N-dealkylation sites (tertiary alicyclic amines) is 1. The lowest BCUT2D eigenvalue weighted by Crippen LogP contribution is -2.31. The third-order valence-electron chi connectivity index (χ3n) is 4.02. The second kappa shape index (κ2) is 7.15. The largest absolute Gasteiger partial charge is 0.493 e. The van der Waals surface area contributed by atoms with Crippen LogP contribution in [0.15, 0.2) is 18.2 Å². The van der Waals surface area contributed by atoms with E-state index in [1.165, 1.54) is 0 Å². The number of methoxy groups -OCH3 is 2. The zero-order chi connectivity index (χ0) is 16.1. The van der Waals surface area contributed by atoms with Crippen LogP contribution in [0.4, 0.5) is 0 Å². The third-order valence-corrected chi connectivity index (χ3v) is 4.02. The Bertz CT molecular complexity index is 559. The lowest BCUT2D eigenvalue weighted by atomic mass is 10.1. The third kappa shape index (κ3) is 3.69. The molecule has 0 unspecified atom stereocenters. The fourth-order valence-electron chi connectivity index (χ4n) is 2.66. The van der Waals surface area contributed by atoms with Gasteiger partial charge in [-0.05, 0) is 30.5 Å². The molecule has 2 rings (SSSR count). The Labute approximate surface area is 130 Å². The lowest BCUT2D eigenvalue weighted by Gasteiger charge is -2.16. The molecule has 6 heteroatoms. The molecule has 0 bridgehead atoms. The predicted octanol–water partition coefficient (Wildman–Crippen LogP) is 0.970. The first-order valence-electron chi connectivity index (χ1n) is 7.33. The maximum atomic E-state index is 12.2. The molecule has 0 radical (unpaired) electrons. The van der Waals surface area contributed by atoms with Crippen molar-refractivity contribution in [3.8, 4) is 11.5 Å². The molecule has 6 nitrogen and oxygen atoms in total. The molecule has 1 saturated heterocycles. The monoisotopic (exact) mass is 306 g/mol. The van der Waals surface area contributed by atoms with Crippen LogP contribution >= 0.6 is 0 Å². The van der Waals surface area contributed by atoms with Crippen molar-refractivity contribution >= 4 is 11.8 Å². The SMILES string of the molecule is COc1ccc(CCC(=O)N2CC[C@@H](C(N)=O)C2)cc1OC. The van der Waals surface area contributed by atoms with E-state index in [-0.39, 0.29) is 17.7 Å². The van der Waals surface area contributed by atoms with Gasteiger partial charge in [0.05, 0.1) is 20.1 Å². The van der Waals surface area contributed by atoms with Crippen molar-refractivity contribution in [3.05, 3.63) is 23.8 Å². The molecule has 2 amide bonds. The Kier molecular flexibility index (Phi) is 5.25. The first-order chi connectivity index (χ1) is 10.5. The van der Waals surface area contributed by atoms with Crippen LogP contribution in [0, 0.1) is 5.92 Å². The molecule has 2 N–H and O–H groups in total. The molecule has 1 aromatic rings. The summed E-state index contributed by atoms with van der Waals surface area (Å²) in [7, 11) is 3.17. The Balaban J connectivity index is 1.90. The molecule has 0 aliphatic carbocycles. The van der Waals surface area contributed by atoms with Gasteiger partial charge in [-0.3, -0.25) is 9.59 Å². The van der Waals surface area contributed by atoms with Crippen molar-refractivity contribution in [2.45, 2.75) is 19.3 Å². The Morgan fingerprint density at radius 1 is 1.27 bits per heavy atom. The van der Waals surface area contributed by atoms with E-state index in [1.54, 1.807) is 19.1 Å². The number of nitrogens with zero attached hydrogens (tertiary/aromatic N) is 1. The van der Waals surface area contributed by atoms with Gasteiger partial charge >= 0.3 is 0 Å². The van der Waals surface area contributed by atoms with E-state index in [2.05, 4.69) is 0 Å². The first kappa shape index (κ1) is 16.1. The van der Waals surface area contributed by atoms with Crippen LogP contribution in [0.25, 0.3) is 0 Å². The summed E-state index contributed by atoms with van der Waals surface area (Å²) in [6, 6.07) is 5.63. The summed E-state index contributed by atoms with van der Waals surface area (Å²) < 4.78 is 10.4. The van der Waals surface area contributed by atoms with E-state index < -0.39 is 0 Å². The number of carbonyl (C=O) groups is 2. The summed E-state index contributed by atoms with van der Waals surface area (Å²) in [4.78, 5) is 25.0. The number of hydrogen-bond donors (Lipinski definition) is 1. The number of benzene rings is 1. The average Bonchev–Trinajstić information content (AvgIpc) is 3.02. The van der Waals surface area contributed by atoms with Gasteiger partial charge in [0.1, 0.15) is 0 Å². The van der Waals surface area contributed by atoms with Crippen LogP contribution in [0.5, 0.6) is 11.5 Å². The summed E-state index contributed by atoms with van der Waals surface area (Å²) in [6.07, 6.45) is 1.69. The minimum Gasteiger partial charge on any atom is -0.493 e. The summed E-state index contributed by atoms with van der Waals surface area (Å²) in [5.74, 6) is 0.850. The molecule has 1 atom stereocenters. The molecule has 1 heterocycles. The molecule has 120 valence electrons. The topological polar surface area (TPSA) is 81.9 Å². The molecular formula is C16H22N2O4. The molecule has 0 spiro atoms. The zero-order valence-corrected chi connectivity index (χ0v) is 13.0. The predicted molar refractivity (Wildman–Crippen MR) is 81.7 cm³/mol. The highest BCUT2D eigenvalue weighted by molar-refractivity contribution is 5.81. The standard InChI is InChI=1S/C16H22N2O4/c1-21-13-5-3-11(9-14(13)22-2)4-6-15(19)18-8-7-12(10-18)16(17)20/h3,5,9,12H,4,6-8,10H2,1-2H3,(H2,17,20)/t12-/m1/s1. The maximum Gasteiger partial charge on any atom is 0.222 e. The molecule has 0 aromatic heterocycles. The first-order valence-corrected chi connectivity index (χ1v) is 7.33. The van der Waals surface area contributed by atoms with Gasteiger partial charge in [0.2, 0.25) is 11.8 Å². The van der Waals surface area contributed by atoms with Crippen molar-refractivity contribution in [2.24, 2.45) is 11.7 Å². The van der Waals surface area contributed by atoms with Crippen LogP contribution in [0.1, 0.15) is 18.4 Å². The van der Waals surface area contributed by atoms with Crippen molar-refractivity contribution in [3.63, 3.8) is 0 Å². The van der Waals surface area contributed by atoms with Gasteiger partial charge in [-0.2, -0.15) is 0 Å². The van der Waals surface area contributed by atoms with Gasteiger partial charge < -0.3 is 20.1 Å². The van der Waals surface area contributed by atoms with E-state index in [0.29, 0.717) is 43.9 Å². The van der Waals surface area contributed by atoms with Crippen molar-refractivity contribution in [2.75, 3.05) is 27.3 Å². The number of hydrogen-bond acceptors (Lipinski definition) is 4. The smallest absolute Gasteiger partial charge is 0.222 e. The fourth-order valence-corrected chi connectivity index (χ4v) is 2.66. The van der Waals surface area contributed by atoms with Crippen molar-refractivity contribution < 1.29 is 19.1 Å². The van der Waals surface area contributed by atoms with E-state index in [9.17, 15) is 9.59 Å². The van der Waals surface area contributed by atoms with Crippen LogP contribution in [0.3, 0.4) is 0 Å². The highest BCUT2D eigenvalue weighted by Crippen LogP contribution is 2.28. The van der Waals surface area contributed by atoms with Gasteiger partial charge in [0.15, 0.2) is 11.5 Å². The zero-order valence-electron chi connectivity index (χ0n) is 13.0. The maximum absolute atomic E-state index is 12.2. The van der Waals surface area contributed by atoms with Crippen LogP contribution in [0.2, 0.25) is 0 Å². The van der Waals surface area contributed by atoms with Gasteiger partial charge in [-0.15, -0.1) is 0 Å². The van der Waals surface area contributed by atoms with E-state index in [0.717, 1.165) is 5.56 Å². The molecule has 1 aliphatic heterocycles. The highest BCUT2D eigenvalue weighted by atomic mass is 16.5. The number of rotatable bonds is 6.